The molecule has 0 saturated carbocycles. The molecule has 1 rings (SSSR count). The number of benzene rings is 1. The van der Waals surface area contributed by atoms with E-state index in [1.54, 1.807) is 18.2 Å². The number of rotatable bonds is 3. The van der Waals surface area contributed by atoms with E-state index in [9.17, 15) is 0 Å². The summed E-state index contributed by atoms with van der Waals surface area (Å²) in [5.74, 6) is 0.278. The minimum atomic E-state index is 0.278. The van der Waals surface area contributed by atoms with Crippen LogP contribution in [-0.2, 0) is 0 Å². The Hall–Kier alpha value is -1.57. The van der Waals surface area contributed by atoms with Gasteiger partial charge in [-0.3, -0.25) is 4.99 Å². The number of aliphatic imine (C=N–C) groups is 1. The number of aromatic hydroxyl groups is 1. The van der Waals surface area contributed by atoms with Crippen LogP contribution in [0.2, 0.25) is 0 Å². The minimum absolute atomic E-state index is 0.278. The van der Waals surface area contributed by atoms with Crippen LogP contribution in [0.25, 0.3) is 0 Å². The Morgan fingerprint density at radius 3 is 2.62 bits per heavy atom. The highest BCUT2D eigenvalue weighted by molar-refractivity contribution is 5.98. The van der Waals surface area contributed by atoms with Gasteiger partial charge in [0.1, 0.15) is 5.75 Å². The second kappa shape index (κ2) is 4.45. The third kappa shape index (κ3) is 2.75. The Bertz CT molecular complexity index is 311. The number of nitrogens with zero attached hydrogens (tertiary/aromatic N) is 1. The average Bonchev–Trinajstić information content (AvgIpc) is 2.15. The molecule has 1 N–H and O–H groups in total. The van der Waals surface area contributed by atoms with Crippen LogP contribution in [0.5, 0.6) is 5.75 Å². The molecule has 0 amide bonds. The molecule has 2 heteroatoms. The van der Waals surface area contributed by atoms with Crippen LogP contribution in [0.3, 0.4) is 0 Å². The summed E-state index contributed by atoms with van der Waals surface area (Å²) in [5.41, 5.74) is 1.99. The summed E-state index contributed by atoms with van der Waals surface area (Å²) >= 11 is 0. The fourth-order valence-corrected chi connectivity index (χ4v) is 0.995. The van der Waals surface area contributed by atoms with Crippen molar-refractivity contribution < 1.29 is 5.11 Å². The molecular weight excluding hydrogens is 162 g/mol. The zero-order valence-corrected chi connectivity index (χ0v) is 7.70. The Kier molecular flexibility index (Phi) is 3.26. The normalized spacial score (nSPS) is 11.3. The van der Waals surface area contributed by atoms with E-state index in [4.69, 9.17) is 5.11 Å². The van der Waals surface area contributed by atoms with Gasteiger partial charge in [-0.2, -0.15) is 0 Å². The second-order valence-electron chi connectivity index (χ2n) is 2.76. The SMILES string of the molecule is C=CC/N=C(\C)c1ccc(O)cc1. The molecule has 13 heavy (non-hydrogen) atoms. The molecule has 0 heterocycles. The van der Waals surface area contributed by atoms with Crippen molar-refractivity contribution >= 4 is 5.71 Å². The summed E-state index contributed by atoms with van der Waals surface area (Å²) in [6, 6.07) is 7.00. The summed E-state index contributed by atoms with van der Waals surface area (Å²) in [4.78, 5) is 4.26. The van der Waals surface area contributed by atoms with Gasteiger partial charge in [0, 0.05) is 5.71 Å². The van der Waals surface area contributed by atoms with E-state index in [1.165, 1.54) is 0 Å². The molecule has 0 spiro atoms. The van der Waals surface area contributed by atoms with Crippen LogP contribution in [0.4, 0.5) is 0 Å². The van der Waals surface area contributed by atoms with Crippen LogP contribution in [0.1, 0.15) is 12.5 Å². The predicted octanol–water partition coefficient (Wildman–Crippen LogP) is 2.39. The Morgan fingerprint density at radius 2 is 2.08 bits per heavy atom. The van der Waals surface area contributed by atoms with E-state index in [0.717, 1.165) is 11.3 Å². The summed E-state index contributed by atoms with van der Waals surface area (Å²) in [7, 11) is 0. The van der Waals surface area contributed by atoms with Gasteiger partial charge >= 0.3 is 0 Å². The van der Waals surface area contributed by atoms with Gasteiger partial charge in [-0.25, -0.2) is 0 Å². The zero-order chi connectivity index (χ0) is 9.68. The van der Waals surface area contributed by atoms with Crippen LogP contribution < -0.4 is 0 Å². The van der Waals surface area contributed by atoms with Crippen LogP contribution in [0.15, 0.2) is 41.9 Å². The van der Waals surface area contributed by atoms with Crippen molar-refractivity contribution in [2.45, 2.75) is 6.92 Å². The molecule has 0 saturated heterocycles. The van der Waals surface area contributed by atoms with Crippen LogP contribution in [0, 0.1) is 0 Å². The lowest BCUT2D eigenvalue weighted by atomic mass is 10.1. The lowest BCUT2D eigenvalue weighted by Gasteiger charge is -1.99. The van der Waals surface area contributed by atoms with Gasteiger partial charge < -0.3 is 5.11 Å². The lowest BCUT2D eigenvalue weighted by molar-refractivity contribution is 0.475. The molecule has 0 radical (unpaired) electrons. The first kappa shape index (κ1) is 9.52. The molecule has 68 valence electrons. The predicted molar refractivity (Wildman–Crippen MR) is 55.4 cm³/mol. The van der Waals surface area contributed by atoms with Gasteiger partial charge in [0.05, 0.1) is 6.54 Å². The van der Waals surface area contributed by atoms with Gasteiger partial charge in [-0.1, -0.05) is 6.08 Å². The van der Waals surface area contributed by atoms with E-state index in [0.29, 0.717) is 6.54 Å². The number of hydrogen-bond donors (Lipinski definition) is 1. The van der Waals surface area contributed by atoms with Gasteiger partial charge in [-0.15, -0.1) is 6.58 Å². The summed E-state index contributed by atoms with van der Waals surface area (Å²) in [5, 5.41) is 9.06. The van der Waals surface area contributed by atoms with Crippen molar-refractivity contribution in [2.24, 2.45) is 4.99 Å². The maximum atomic E-state index is 9.06. The zero-order valence-electron chi connectivity index (χ0n) is 7.70. The molecule has 1 aromatic carbocycles. The maximum Gasteiger partial charge on any atom is 0.115 e. The molecule has 0 bridgehead atoms. The van der Waals surface area contributed by atoms with Crippen molar-refractivity contribution in [3.8, 4) is 5.75 Å². The van der Waals surface area contributed by atoms with E-state index in [-0.39, 0.29) is 5.75 Å². The van der Waals surface area contributed by atoms with Crippen LogP contribution in [-0.4, -0.2) is 17.4 Å². The monoisotopic (exact) mass is 175 g/mol. The largest absolute Gasteiger partial charge is 0.508 e. The summed E-state index contributed by atoms with van der Waals surface area (Å²) in [6.07, 6.45) is 1.75. The quantitative estimate of drug-likeness (QED) is 0.555. The molecule has 0 aliphatic rings. The topological polar surface area (TPSA) is 32.6 Å². The first-order valence-corrected chi connectivity index (χ1v) is 4.15. The van der Waals surface area contributed by atoms with Gasteiger partial charge in [-0.05, 0) is 36.8 Å². The average molecular weight is 175 g/mol. The highest BCUT2D eigenvalue weighted by Crippen LogP contribution is 2.10. The van der Waals surface area contributed by atoms with E-state index in [2.05, 4.69) is 11.6 Å². The number of phenolic OH excluding ortho intramolecular Hbond substituents is 1. The van der Waals surface area contributed by atoms with Crippen LogP contribution >= 0.6 is 0 Å². The highest BCUT2D eigenvalue weighted by atomic mass is 16.3. The minimum Gasteiger partial charge on any atom is -0.508 e. The van der Waals surface area contributed by atoms with E-state index >= 15 is 0 Å². The highest BCUT2D eigenvalue weighted by Gasteiger charge is 1.95. The van der Waals surface area contributed by atoms with E-state index < -0.39 is 0 Å². The van der Waals surface area contributed by atoms with Gasteiger partial charge in [0.15, 0.2) is 0 Å². The fourth-order valence-electron chi connectivity index (χ4n) is 0.995. The molecular formula is C11H13NO. The Labute approximate surface area is 78.3 Å². The third-order valence-electron chi connectivity index (χ3n) is 1.74. The first-order chi connectivity index (χ1) is 6.24. The molecule has 0 aliphatic carbocycles. The Balaban J connectivity index is 2.82. The van der Waals surface area contributed by atoms with Gasteiger partial charge in [0.25, 0.3) is 0 Å². The van der Waals surface area contributed by atoms with E-state index in [1.807, 2.05) is 19.1 Å². The molecule has 0 atom stereocenters. The molecule has 0 aliphatic heterocycles. The lowest BCUT2D eigenvalue weighted by Crippen LogP contribution is -1.94. The molecule has 1 aromatic rings. The summed E-state index contributed by atoms with van der Waals surface area (Å²) < 4.78 is 0. The van der Waals surface area contributed by atoms with Crippen molar-refractivity contribution in [1.82, 2.24) is 0 Å². The third-order valence-corrected chi connectivity index (χ3v) is 1.74. The molecule has 0 aromatic heterocycles. The second-order valence-corrected chi connectivity index (χ2v) is 2.76. The van der Waals surface area contributed by atoms with Crippen molar-refractivity contribution in [1.29, 1.82) is 0 Å². The van der Waals surface area contributed by atoms with Gasteiger partial charge in [0.2, 0.25) is 0 Å². The summed E-state index contributed by atoms with van der Waals surface area (Å²) in [6.45, 7) is 6.17. The fraction of sp³-hybridized carbons (Fsp3) is 0.182. The smallest absolute Gasteiger partial charge is 0.115 e. The maximum absolute atomic E-state index is 9.06. The standard InChI is InChI=1S/C11H13NO/c1-3-8-12-9(2)10-4-6-11(13)7-5-10/h3-7,13H,1,8H2,2H3/b12-9+. The molecule has 0 unspecified atom stereocenters. The molecule has 0 fully saturated rings. The Morgan fingerprint density at radius 1 is 1.46 bits per heavy atom. The number of phenols is 1. The molecule has 2 nitrogen and oxygen atoms in total. The van der Waals surface area contributed by atoms with Crippen molar-refractivity contribution in [3.05, 3.63) is 42.5 Å². The van der Waals surface area contributed by atoms with Crippen molar-refractivity contribution in [3.63, 3.8) is 0 Å². The van der Waals surface area contributed by atoms with Crippen molar-refractivity contribution in [2.75, 3.05) is 6.54 Å². The number of hydrogen-bond acceptors (Lipinski definition) is 2. The first-order valence-electron chi connectivity index (χ1n) is 4.15.